The monoisotopic (exact) mass is 230 g/mol. The van der Waals surface area contributed by atoms with Crippen LogP contribution in [0.2, 0.25) is 0 Å². The van der Waals surface area contributed by atoms with E-state index in [2.05, 4.69) is 5.92 Å². The maximum Gasteiger partial charge on any atom is 0.119 e. The highest BCUT2D eigenvalue weighted by atomic mass is 16.5. The van der Waals surface area contributed by atoms with Gasteiger partial charge in [-0.2, -0.15) is 0 Å². The SMILES string of the molecule is C#CCCOC/C=C/c1ccc(OCC)cc1. The van der Waals surface area contributed by atoms with Gasteiger partial charge >= 0.3 is 0 Å². The fourth-order valence-corrected chi connectivity index (χ4v) is 1.31. The van der Waals surface area contributed by atoms with Crippen molar-refractivity contribution >= 4 is 6.08 Å². The van der Waals surface area contributed by atoms with Crippen LogP contribution in [0.5, 0.6) is 5.75 Å². The fourth-order valence-electron chi connectivity index (χ4n) is 1.31. The first-order valence-corrected chi connectivity index (χ1v) is 5.77. The average Bonchev–Trinajstić information content (AvgIpc) is 2.36. The van der Waals surface area contributed by atoms with E-state index in [1.54, 1.807) is 0 Å². The molecule has 2 heteroatoms. The first-order valence-electron chi connectivity index (χ1n) is 5.77. The quantitative estimate of drug-likeness (QED) is 0.529. The zero-order chi connectivity index (χ0) is 12.3. The number of hydrogen-bond donors (Lipinski definition) is 0. The summed E-state index contributed by atoms with van der Waals surface area (Å²) in [4.78, 5) is 0. The van der Waals surface area contributed by atoms with E-state index in [1.807, 2.05) is 43.3 Å². The highest BCUT2D eigenvalue weighted by molar-refractivity contribution is 5.50. The summed E-state index contributed by atoms with van der Waals surface area (Å²) in [5, 5.41) is 0. The van der Waals surface area contributed by atoms with Gasteiger partial charge in [0.2, 0.25) is 0 Å². The minimum atomic E-state index is 0.592. The highest BCUT2D eigenvalue weighted by Crippen LogP contribution is 2.12. The molecule has 17 heavy (non-hydrogen) atoms. The second-order valence-electron chi connectivity index (χ2n) is 3.43. The van der Waals surface area contributed by atoms with Gasteiger partial charge in [-0.05, 0) is 24.6 Å². The van der Waals surface area contributed by atoms with Crippen LogP contribution >= 0.6 is 0 Å². The van der Waals surface area contributed by atoms with E-state index in [1.165, 1.54) is 0 Å². The van der Waals surface area contributed by atoms with Crippen LogP contribution < -0.4 is 4.74 Å². The topological polar surface area (TPSA) is 18.5 Å². The van der Waals surface area contributed by atoms with Crippen LogP contribution in [-0.4, -0.2) is 19.8 Å². The van der Waals surface area contributed by atoms with E-state index in [4.69, 9.17) is 15.9 Å². The van der Waals surface area contributed by atoms with Gasteiger partial charge in [-0.25, -0.2) is 0 Å². The molecule has 1 aromatic carbocycles. The van der Waals surface area contributed by atoms with Crippen molar-refractivity contribution in [3.05, 3.63) is 35.9 Å². The summed E-state index contributed by atoms with van der Waals surface area (Å²) in [5.74, 6) is 3.43. The maximum atomic E-state index is 5.36. The summed E-state index contributed by atoms with van der Waals surface area (Å²) in [5.41, 5.74) is 1.13. The summed E-state index contributed by atoms with van der Waals surface area (Å²) in [6, 6.07) is 7.95. The van der Waals surface area contributed by atoms with Crippen LogP contribution in [0.3, 0.4) is 0 Å². The molecule has 0 bridgehead atoms. The smallest absolute Gasteiger partial charge is 0.119 e. The largest absolute Gasteiger partial charge is 0.494 e. The minimum absolute atomic E-state index is 0.592. The number of rotatable bonds is 7. The van der Waals surface area contributed by atoms with Crippen molar-refractivity contribution in [3.8, 4) is 18.1 Å². The zero-order valence-electron chi connectivity index (χ0n) is 10.2. The van der Waals surface area contributed by atoms with Gasteiger partial charge in [0.15, 0.2) is 0 Å². The number of terminal acetylenes is 1. The maximum absolute atomic E-state index is 5.36. The predicted molar refractivity (Wildman–Crippen MR) is 70.9 cm³/mol. The molecule has 0 aromatic heterocycles. The predicted octanol–water partition coefficient (Wildman–Crippen LogP) is 3.14. The van der Waals surface area contributed by atoms with Crippen LogP contribution in [0.4, 0.5) is 0 Å². The zero-order valence-corrected chi connectivity index (χ0v) is 10.2. The Morgan fingerprint density at radius 3 is 2.71 bits per heavy atom. The molecule has 0 aliphatic rings. The average molecular weight is 230 g/mol. The second-order valence-corrected chi connectivity index (χ2v) is 3.43. The standard InChI is InChI=1S/C15H18O2/c1-3-5-12-16-13-6-7-14-8-10-15(11-9-14)17-4-2/h1,6-11H,4-5,12-13H2,2H3/b7-6+. The molecule has 0 atom stereocenters. The van der Waals surface area contributed by atoms with E-state index in [9.17, 15) is 0 Å². The lowest BCUT2D eigenvalue weighted by molar-refractivity contribution is 0.169. The number of hydrogen-bond acceptors (Lipinski definition) is 2. The van der Waals surface area contributed by atoms with Crippen LogP contribution in [0, 0.1) is 12.3 Å². The van der Waals surface area contributed by atoms with E-state index in [-0.39, 0.29) is 0 Å². The Morgan fingerprint density at radius 1 is 1.29 bits per heavy atom. The molecule has 1 rings (SSSR count). The molecule has 0 fully saturated rings. The molecule has 1 aromatic rings. The third-order valence-corrected chi connectivity index (χ3v) is 2.11. The molecule has 2 nitrogen and oxygen atoms in total. The molecular weight excluding hydrogens is 212 g/mol. The lowest BCUT2D eigenvalue weighted by atomic mass is 10.2. The van der Waals surface area contributed by atoms with Crippen LogP contribution in [0.25, 0.3) is 6.08 Å². The third-order valence-electron chi connectivity index (χ3n) is 2.11. The van der Waals surface area contributed by atoms with Crippen LogP contribution in [-0.2, 0) is 4.74 Å². The van der Waals surface area contributed by atoms with Crippen molar-refractivity contribution in [1.29, 1.82) is 0 Å². The van der Waals surface area contributed by atoms with E-state index in [0.29, 0.717) is 26.2 Å². The molecule has 0 aliphatic carbocycles. The van der Waals surface area contributed by atoms with Crippen molar-refractivity contribution < 1.29 is 9.47 Å². The van der Waals surface area contributed by atoms with Crippen LogP contribution in [0.1, 0.15) is 18.9 Å². The molecule has 0 heterocycles. The van der Waals surface area contributed by atoms with Crippen LogP contribution in [0.15, 0.2) is 30.3 Å². The van der Waals surface area contributed by atoms with Gasteiger partial charge in [0.1, 0.15) is 5.75 Å². The molecule has 0 saturated heterocycles. The molecular formula is C15H18O2. The van der Waals surface area contributed by atoms with Gasteiger partial charge in [0.25, 0.3) is 0 Å². The molecule has 0 unspecified atom stereocenters. The Morgan fingerprint density at radius 2 is 2.06 bits per heavy atom. The molecule has 90 valence electrons. The van der Waals surface area contributed by atoms with Gasteiger partial charge in [-0.3, -0.25) is 0 Å². The lowest BCUT2D eigenvalue weighted by Gasteiger charge is -2.02. The summed E-state index contributed by atoms with van der Waals surface area (Å²) in [6.45, 7) is 3.87. The summed E-state index contributed by atoms with van der Waals surface area (Å²) >= 11 is 0. The molecule has 0 aliphatic heterocycles. The van der Waals surface area contributed by atoms with Gasteiger partial charge in [-0.15, -0.1) is 12.3 Å². The van der Waals surface area contributed by atoms with E-state index in [0.717, 1.165) is 11.3 Å². The third kappa shape index (κ3) is 5.79. The van der Waals surface area contributed by atoms with Crippen molar-refractivity contribution in [2.45, 2.75) is 13.3 Å². The van der Waals surface area contributed by atoms with Crippen molar-refractivity contribution in [2.75, 3.05) is 19.8 Å². The Bertz CT molecular complexity index is 371. The number of ether oxygens (including phenoxy) is 2. The normalized spacial score (nSPS) is 10.4. The molecule has 0 spiro atoms. The molecule has 0 amide bonds. The molecule has 0 radical (unpaired) electrons. The Labute approximate surface area is 103 Å². The van der Waals surface area contributed by atoms with Crippen molar-refractivity contribution in [2.24, 2.45) is 0 Å². The fraction of sp³-hybridized carbons (Fsp3) is 0.333. The summed E-state index contributed by atoms with van der Waals surface area (Å²) in [6.07, 6.45) is 9.77. The first kappa shape index (κ1) is 13.3. The van der Waals surface area contributed by atoms with Gasteiger partial charge < -0.3 is 9.47 Å². The van der Waals surface area contributed by atoms with E-state index >= 15 is 0 Å². The number of benzene rings is 1. The van der Waals surface area contributed by atoms with Gasteiger partial charge in [0, 0.05) is 6.42 Å². The first-order chi connectivity index (χ1) is 8.36. The van der Waals surface area contributed by atoms with Crippen molar-refractivity contribution in [3.63, 3.8) is 0 Å². The second kappa shape index (κ2) is 8.43. The molecule has 0 saturated carbocycles. The minimum Gasteiger partial charge on any atom is -0.494 e. The Hall–Kier alpha value is -1.72. The highest BCUT2D eigenvalue weighted by Gasteiger charge is 1.91. The van der Waals surface area contributed by atoms with E-state index < -0.39 is 0 Å². The summed E-state index contributed by atoms with van der Waals surface area (Å²) < 4.78 is 10.7. The summed E-state index contributed by atoms with van der Waals surface area (Å²) in [7, 11) is 0. The Kier molecular flexibility index (Phi) is 6.62. The van der Waals surface area contributed by atoms with Gasteiger partial charge in [0.05, 0.1) is 19.8 Å². The Balaban J connectivity index is 2.31. The van der Waals surface area contributed by atoms with Gasteiger partial charge in [-0.1, -0.05) is 24.3 Å². The lowest BCUT2D eigenvalue weighted by Crippen LogP contribution is -1.92. The molecule has 0 N–H and O–H groups in total. The van der Waals surface area contributed by atoms with Crippen molar-refractivity contribution in [1.82, 2.24) is 0 Å².